The van der Waals surface area contributed by atoms with Gasteiger partial charge in [-0.25, -0.2) is 12.7 Å². The summed E-state index contributed by atoms with van der Waals surface area (Å²) in [6.07, 6.45) is 3.97. The summed E-state index contributed by atoms with van der Waals surface area (Å²) in [4.78, 5) is 20.2. The van der Waals surface area contributed by atoms with Crippen LogP contribution >= 0.6 is 0 Å². The lowest BCUT2D eigenvalue weighted by molar-refractivity contribution is -0.132. The van der Waals surface area contributed by atoms with E-state index in [9.17, 15) is 13.2 Å². The summed E-state index contributed by atoms with van der Waals surface area (Å²) in [6, 6.07) is 0. The summed E-state index contributed by atoms with van der Waals surface area (Å²) in [5.41, 5.74) is -0.708. The van der Waals surface area contributed by atoms with Crippen molar-refractivity contribution in [3.05, 3.63) is 0 Å². The van der Waals surface area contributed by atoms with E-state index in [0.29, 0.717) is 32.0 Å². The van der Waals surface area contributed by atoms with E-state index < -0.39 is 15.6 Å². The lowest BCUT2D eigenvalue weighted by Crippen LogP contribution is -2.48. The van der Waals surface area contributed by atoms with Crippen LogP contribution in [0.1, 0.15) is 59.8 Å². The molecule has 3 rings (SSSR count). The summed E-state index contributed by atoms with van der Waals surface area (Å²) < 4.78 is 26.9. The first kappa shape index (κ1) is 19.8. The first-order valence-electron chi connectivity index (χ1n) is 10.1. The smallest absolute Gasteiger partial charge is 0.256 e. The van der Waals surface area contributed by atoms with Gasteiger partial charge in [0.15, 0.2) is 0 Å². The molecule has 1 saturated carbocycles. The molecule has 0 radical (unpaired) electrons. The Hall–Kier alpha value is -0.950. The molecular weight excluding hydrogens is 350 g/mol. The number of hydrogen-bond acceptors (Lipinski definition) is 4. The van der Waals surface area contributed by atoms with Crippen LogP contribution in [-0.4, -0.2) is 60.3 Å². The second-order valence-corrected chi connectivity index (χ2v) is 10.6. The molecule has 1 spiro atoms. The van der Waals surface area contributed by atoms with Crippen molar-refractivity contribution in [1.82, 2.24) is 9.21 Å². The Labute approximate surface area is 158 Å². The Morgan fingerprint density at radius 1 is 1.27 bits per heavy atom. The predicted octanol–water partition coefficient (Wildman–Crippen LogP) is 2.50. The largest absolute Gasteiger partial charge is 0.298 e. The summed E-state index contributed by atoms with van der Waals surface area (Å²) in [5.74, 6) is 1.89. The number of amides is 1. The van der Waals surface area contributed by atoms with E-state index in [0.717, 1.165) is 31.5 Å². The molecule has 26 heavy (non-hydrogen) atoms. The SMILES string of the molecule is CCCCS(=O)(=O)N1C[C@@H]2CC[C@]3(N=C(CC)N(CC(C)C)C3=O)[C@@H]2C1. The molecule has 0 aromatic carbocycles. The molecule has 0 bridgehead atoms. The van der Waals surface area contributed by atoms with E-state index in [2.05, 4.69) is 13.8 Å². The fourth-order valence-corrected chi connectivity index (χ4v) is 6.57. The average molecular weight is 384 g/mol. The Morgan fingerprint density at radius 3 is 2.62 bits per heavy atom. The molecular formula is C19H33N3O3S. The minimum absolute atomic E-state index is 0.0325. The predicted molar refractivity (Wildman–Crippen MR) is 103 cm³/mol. The van der Waals surface area contributed by atoms with Crippen LogP contribution in [0, 0.1) is 17.8 Å². The second kappa shape index (κ2) is 7.23. The molecule has 2 fully saturated rings. The van der Waals surface area contributed by atoms with Crippen LogP contribution in [0.25, 0.3) is 0 Å². The van der Waals surface area contributed by atoms with E-state index in [1.54, 1.807) is 4.31 Å². The number of aliphatic imine (C=N–C) groups is 1. The van der Waals surface area contributed by atoms with E-state index in [1.807, 2.05) is 18.7 Å². The minimum Gasteiger partial charge on any atom is -0.298 e. The van der Waals surface area contributed by atoms with Gasteiger partial charge in [0.2, 0.25) is 10.0 Å². The van der Waals surface area contributed by atoms with Gasteiger partial charge in [0.25, 0.3) is 5.91 Å². The molecule has 0 unspecified atom stereocenters. The number of carbonyl (C=O) groups is 1. The molecule has 0 aromatic rings. The minimum atomic E-state index is -3.22. The zero-order valence-electron chi connectivity index (χ0n) is 16.6. The van der Waals surface area contributed by atoms with E-state index in [4.69, 9.17) is 4.99 Å². The van der Waals surface area contributed by atoms with Crippen molar-refractivity contribution in [3.63, 3.8) is 0 Å². The lowest BCUT2D eigenvalue weighted by Gasteiger charge is -2.28. The molecule has 1 amide bonds. The van der Waals surface area contributed by atoms with Gasteiger partial charge >= 0.3 is 0 Å². The van der Waals surface area contributed by atoms with Crippen LogP contribution < -0.4 is 0 Å². The van der Waals surface area contributed by atoms with Gasteiger partial charge in [-0.2, -0.15) is 0 Å². The van der Waals surface area contributed by atoms with Gasteiger partial charge in [0.05, 0.1) is 5.75 Å². The summed E-state index contributed by atoms with van der Waals surface area (Å²) in [6.45, 7) is 9.99. The molecule has 2 heterocycles. The van der Waals surface area contributed by atoms with Crippen LogP contribution in [0.5, 0.6) is 0 Å². The van der Waals surface area contributed by atoms with Gasteiger partial charge in [0.1, 0.15) is 11.4 Å². The highest BCUT2D eigenvalue weighted by atomic mass is 32.2. The number of carbonyl (C=O) groups excluding carboxylic acids is 1. The van der Waals surface area contributed by atoms with Crippen LogP contribution in [0.4, 0.5) is 0 Å². The number of amidine groups is 1. The third-order valence-electron chi connectivity index (χ3n) is 6.19. The number of hydrogen-bond donors (Lipinski definition) is 0. The Bertz CT molecular complexity index is 688. The van der Waals surface area contributed by atoms with E-state index in [1.165, 1.54) is 0 Å². The van der Waals surface area contributed by atoms with Crippen LogP contribution in [-0.2, 0) is 14.8 Å². The fourth-order valence-electron chi connectivity index (χ4n) is 4.86. The quantitative estimate of drug-likeness (QED) is 0.678. The molecule has 148 valence electrons. The number of nitrogens with zero attached hydrogens (tertiary/aromatic N) is 3. The number of unbranched alkanes of at least 4 members (excludes halogenated alkanes) is 1. The zero-order chi connectivity index (χ0) is 19.1. The Morgan fingerprint density at radius 2 is 2.00 bits per heavy atom. The molecule has 1 aliphatic carbocycles. The van der Waals surface area contributed by atoms with Crippen molar-refractivity contribution in [2.24, 2.45) is 22.7 Å². The topological polar surface area (TPSA) is 70.1 Å². The number of fused-ring (bicyclic) bond motifs is 2. The highest BCUT2D eigenvalue weighted by Crippen LogP contribution is 2.51. The van der Waals surface area contributed by atoms with Crippen LogP contribution in [0.15, 0.2) is 4.99 Å². The maximum Gasteiger partial charge on any atom is 0.256 e. The third-order valence-corrected chi connectivity index (χ3v) is 8.08. The molecule has 7 heteroatoms. The summed E-state index contributed by atoms with van der Waals surface area (Å²) in [5, 5.41) is 0. The van der Waals surface area contributed by atoms with Gasteiger partial charge in [-0.15, -0.1) is 0 Å². The zero-order valence-corrected chi connectivity index (χ0v) is 17.4. The van der Waals surface area contributed by atoms with Crippen molar-refractivity contribution < 1.29 is 13.2 Å². The van der Waals surface area contributed by atoms with Gasteiger partial charge in [-0.1, -0.05) is 34.1 Å². The average Bonchev–Trinajstić information content (AvgIpc) is 3.23. The molecule has 2 aliphatic heterocycles. The molecule has 1 saturated heterocycles. The van der Waals surface area contributed by atoms with Gasteiger partial charge in [-0.05, 0) is 31.1 Å². The normalized spacial score (nSPS) is 32.1. The lowest BCUT2D eigenvalue weighted by atomic mass is 9.85. The van der Waals surface area contributed by atoms with Crippen molar-refractivity contribution in [2.45, 2.75) is 65.3 Å². The highest BCUT2D eigenvalue weighted by Gasteiger charge is 2.61. The first-order valence-corrected chi connectivity index (χ1v) is 11.7. The van der Waals surface area contributed by atoms with Crippen molar-refractivity contribution in [3.8, 4) is 0 Å². The Balaban J connectivity index is 1.83. The maximum absolute atomic E-state index is 13.3. The maximum atomic E-state index is 13.3. The molecule has 6 nitrogen and oxygen atoms in total. The van der Waals surface area contributed by atoms with Gasteiger partial charge < -0.3 is 0 Å². The van der Waals surface area contributed by atoms with E-state index in [-0.39, 0.29) is 23.5 Å². The molecule has 3 aliphatic rings. The van der Waals surface area contributed by atoms with Crippen LogP contribution in [0.3, 0.4) is 0 Å². The van der Waals surface area contributed by atoms with Gasteiger partial charge in [0, 0.05) is 32.0 Å². The van der Waals surface area contributed by atoms with Gasteiger partial charge in [-0.3, -0.25) is 14.7 Å². The van der Waals surface area contributed by atoms with E-state index >= 15 is 0 Å². The fraction of sp³-hybridized carbons (Fsp3) is 0.895. The first-order chi connectivity index (χ1) is 12.2. The standard InChI is InChI=1S/C19H33N3O3S/c1-5-7-10-26(24,25)21-12-15-8-9-19(16(15)13-21)18(23)22(11-14(3)4)17(6-2)20-19/h14-16H,5-13H2,1-4H3/t15-,16+,19-/m0/s1. The molecule has 0 aromatic heterocycles. The van der Waals surface area contributed by atoms with Crippen molar-refractivity contribution >= 4 is 21.8 Å². The summed E-state index contributed by atoms with van der Waals surface area (Å²) in [7, 11) is -3.22. The van der Waals surface area contributed by atoms with Crippen LogP contribution in [0.2, 0.25) is 0 Å². The van der Waals surface area contributed by atoms with Crippen molar-refractivity contribution in [2.75, 3.05) is 25.4 Å². The molecule has 3 atom stereocenters. The Kier molecular flexibility index (Phi) is 5.50. The monoisotopic (exact) mass is 383 g/mol. The number of sulfonamides is 1. The third kappa shape index (κ3) is 3.21. The molecule has 0 N–H and O–H groups in total. The highest BCUT2D eigenvalue weighted by molar-refractivity contribution is 7.89. The summed E-state index contributed by atoms with van der Waals surface area (Å²) >= 11 is 0. The number of rotatable bonds is 7. The second-order valence-electron chi connectivity index (χ2n) is 8.51. The van der Waals surface area contributed by atoms with Crippen molar-refractivity contribution in [1.29, 1.82) is 0 Å².